The summed E-state index contributed by atoms with van der Waals surface area (Å²) in [6.45, 7) is 1.40. The molecular formula is C31H40FN3O4S. The van der Waals surface area contributed by atoms with Gasteiger partial charge in [-0.2, -0.15) is 0 Å². The van der Waals surface area contributed by atoms with Crippen LogP contribution in [0.4, 0.5) is 10.1 Å². The summed E-state index contributed by atoms with van der Waals surface area (Å²) in [5.74, 6) is 1.15. The number of hydrogen-bond acceptors (Lipinski definition) is 4. The molecule has 4 aliphatic carbocycles. The van der Waals surface area contributed by atoms with Crippen LogP contribution in [0.1, 0.15) is 63.0 Å². The molecule has 0 aromatic heterocycles. The lowest BCUT2D eigenvalue weighted by Gasteiger charge is -2.57. The molecule has 6 rings (SSSR count). The van der Waals surface area contributed by atoms with Gasteiger partial charge in [0.05, 0.1) is 11.9 Å². The highest BCUT2D eigenvalue weighted by Crippen LogP contribution is 2.60. The molecule has 0 radical (unpaired) electrons. The molecule has 2 amide bonds. The molecule has 216 valence electrons. The fraction of sp³-hybridized carbons (Fsp3) is 0.548. The predicted octanol–water partition coefficient (Wildman–Crippen LogP) is 4.61. The topological polar surface area (TPSA) is 86.8 Å². The number of hydrogen-bond donors (Lipinski definition) is 1. The number of carbonyl (C=O) groups is 2. The van der Waals surface area contributed by atoms with E-state index in [1.165, 1.54) is 68.2 Å². The maximum atomic E-state index is 13.7. The van der Waals surface area contributed by atoms with Crippen LogP contribution in [0.5, 0.6) is 0 Å². The van der Waals surface area contributed by atoms with Gasteiger partial charge in [-0.15, -0.1) is 0 Å². The van der Waals surface area contributed by atoms with Crippen LogP contribution < -0.4 is 9.62 Å². The minimum absolute atomic E-state index is 0.0492. The average Bonchev–Trinajstić information content (AvgIpc) is 2.91. The van der Waals surface area contributed by atoms with Crippen molar-refractivity contribution in [3.05, 3.63) is 65.5 Å². The lowest BCUT2D eigenvalue weighted by Crippen LogP contribution is -2.51. The first-order valence-electron chi connectivity index (χ1n) is 14.3. The summed E-state index contributed by atoms with van der Waals surface area (Å²) >= 11 is 0. The number of likely N-dealkylation sites (N-methyl/N-ethyl adjacent to an activating group) is 1. The fourth-order valence-corrected chi connectivity index (χ4v) is 8.78. The second-order valence-electron chi connectivity index (χ2n) is 12.2. The molecule has 0 heterocycles. The average molecular weight is 570 g/mol. The smallest absolute Gasteiger partial charge is 0.244 e. The highest BCUT2D eigenvalue weighted by molar-refractivity contribution is 7.92. The zero-order chi connectivity index (χ0) is 28.7. The van der Waals surface area contributed by atoms with Gasteiger partial charge in [-0.3, -0.25) is 13.9 Å². The minimum Gasteiger partial charge on any atom is -0.357 e. The van der Waals surface area contributed by atoms with E-state index in [0.29, 0.717) is 17.7 Å². The van der Waals surface area contributed by atoms with Crippen LogP contribution in [0.2, 0.25) is 0 Å². The van der Waals surface area contributed by atoms with Gasteiger partial charge < -0.3 is 10.2 Å². The standard InChI is InChI=1S/C31H40FN3O4S/c1-4-28(30(37)33-2)34(19-21-5-9-26(32)10-6-21)29(36)20-35(40(3,38)39)27-11-7-25(8-12-27)31-16-22-13-23(17-31)15-24(14-22)18-31/h5-12,22-24,28H,4,13-20H2,1-3H3,(H,33,37)/t22?,23?,24?,28-,31?/m1/s1. The largest absolute Gasteiger partial charge is 0.357 e. The molecule has 0 saturated heterocycles. The number of anilines is 1. The van der Waals surface area contributed by atoms with Crippen molar-refractivity contribution in [1.82, 2.24) is 10.2 Å². The summed E-state index contributed by atoms with van der Waals surface area (Å²) in [5.41, 5.74) is 2.54. The van der Waals surface area contributed by atoms with Gasteiger partial charge >= 0.3 is 0 Å². The predicted molar refractivity (Wildman–Crippen MR) is 154 cm³/mol. The number of sulfonamides is 1. The summed E-state index contributed by atoms with van der Waals surface area (Å²) in [5, 5.41) is 2.60. The van der Waals surface area contributed by atoms with E-state index in [1.807, 2.05) is 12.1 Å². The van der Waals surface area contributed by atoms with E-state index in [4.69, 9.17) is 0 Å². The van der Waals surface area contributed by atoms with Crippen molar-refractivity contribution in [3.63, 3.8) is 0 Å². The first-order valence-corrected chi connectivity index (χ1v) is 16.2. The number of nitrogens with one attached hydrogen (secondary N) is 1. The molecule has 2 aromatic rings. The van der Waals surface area contributed by atoms with Crippen LogP contribution in [0, 0.1) is 23.6 Å². The lowest BCUT2D eigenvalue weighted by atomic mass is 9.48. The molecule has 1 N–H and O–H groups in total. The van der Waals surface area contributed by atoms with Crippen molar-refractivity contribution in [2.24, 2.45) is 17.8 Å². The Balaban J connectivity index is 1.40. The van der Waals surface area contributed by atoms with E-state index in [9.17, 15) is 22.4 Å². The highest BCUT2D eigenvalue weighted by atomic mass is 32.2. The molecule has 4 aliphatic rings. The molecule has 4 bridgehead atoms. The van der Waals surface area contributed by atoms with Gasteiger partial charge in [0.25, 0.3) is 0 Å². The van der Waals surface area contributed by atoms with E-state index in [1.54, 1.807) is 19.1 Å². The summed E-state index contributed by atoms with van der Waals surface area (Å²) < 4.78 is 40.5. The number of halogens is 1. The minimum atomic E-state index is -3.81. The Labute approximate surface area is 237 Å². The quantitative estimate of drug-likeness (QED) is 0.453. The molecule has 0 spiro atoms. The number of amides is 2. The molecular weight excluding hydrogens is 529 g/mol. The molecule has 4 fully saturated rings. The Kier molecular flexibility index (Phi) is 7.97. The Morgan fingerprint density at radius 2 is 1.52 bits per heavy atom. The molecule has 7 nitrogen and oxygen atoms in total. The van der Waals surface area contributed by atoms with E-state index < -0.39 is 34.3 Å². The molecule has 1 atom stereocenters. The third-order valence-corrected chi connectivity index (χ3v) is 10.5. The number of rotatable bonds is 10. The van der Waals surface area contributed by atoms with E-state index in [2.05, 4.69) is 17.4 Å². The van der Waals surface area contributed by atoms with Crippen LogP contribution in [-0.2, 0) is 31.6 Å². The van der Waals surface area contributed by atoms with Crippen LogP contribution in [0.15, 0.2) is 48.5 Å². The van der Waals surface area contributed by atoms with Crippen LogP contribution in [-0.4, -0.2) is 51.0 Å². The summed E-state index contributed by atoms with van der Waals surface area (Å²) in [6, 6.07) is 12.7. The van der Waals surface area contributed by atoms with Gasteiger partial charge in [0, 0.05) is 13.6 Å². The number of benzene rings is 2. The third kappa shape index (κ3) is 5.76. The molecule has 0 aliphatic heterocycles. The van der Waals surface area contributed by atoms with Crippen molar-refractivity contribution >= 4 is 27.5 Å². The third-order valence-electron chi connectivity index (χ3n) is 9.38. The van der Waals surface area contributed by atoms with Gasteiger partial charge in [0.2, 0.25) is 21.8 Å². The Bertz CT molecular complexity index is 1310. The SMILES string of the molecule is CC[C@H](C(=O)NC)N(Cc1ccc(F)cc1)C(=O)CN(c1ccc(C23CC4CC(CC(C4)C2)C3)cc1)S(C)(=O)=O. The number of nitrogens with zero attached hydrogens (tertiary/aromatic N) is 2. The maximum Gasteiger partial charge on any atom is 0.244 e. The zero-order valence-electron chi connectivity index (χ0n) is 23.6. The molecule has 40 heavy (non-hydrogen) atoms. The van der Waals surface area contributed by atoms with Crippen molar-refractivity contribution < 1.29 is 22.4 Å². The molecule has 0 unspecified atom stereocenters. The van der Waals surface area contributed by atoms with Crippen molar-refractivity contribution in [3.8, 4) is 0 Å². The van der Waals surface area contributed by atoms with Crippen LogP contribution >= 0.6 is 0 Å². The highest BCUT2D eigenvalue weighted by Gasteiger charge is 2.51. The summed E-state index contributed by atoms with van der Waals surface area (Å²) in [4.78, 5) is 27.8. The van der Waals surface area contributed by atoms with E-state index >= 15 is 0 Å². The first kappa shape index (κ1) is 28.6. The van der Waals surface area contributed by atoms with Crippen LogP contribution in [0.3, 0.4) is 0 Å². The van der Waals surface area contributed by atoms with Gasteiger partial charge in [0.1, 0.15) is 18.4 Å². The Hall–Kier alpha value is -2.94. The number of carbonyl (C=O) groups excluding carboxylic acids is 2. The molecule has 2 aromatic carbocycles. The van der Waals surface area contributed by atoms with Gasteiger partial charge in [-0.05, 0) is 104 Å². The van der Waals surface area contributed by atoms with E-state index in [-0.39, 0.29) is 17.9 Å². The fourth-order valence-electron chi connectivity index (χ4n) is 7.93. The maximum absolute atomic E-state index is 13.7. The van der Waals surface area contributed by atoms with Crippen molar-refractivity contribution in [1.29, 1.82) is 0 Å². The van der Waals surface area contributed by atoms with E-state index in [0.717, 1.165) is 28.3 Å². The zero-order valence-corrected chi connectivity index (χ0v) is 24.4. The van der Waals surface area contributed by atoms with Crippen molar-refractivity contribution in [2.45, 2.75) is 69.9 Å². The van der Waals surface area contributed by atoms with Crippen molar-refractivity contribution in [2.75, 3.05) is 24.2 Å². The second kappa shape index (κ2) is 11.1. The normalized spacial score (nSPS) is 25.9. The first-order chi connectivity index (χ1) is 19.0. The monoisotopic (exact) mass is 569 g/mol. The summed E-state index contributed by atoms with van der Waals surface area (Å²) in [6.07, 6.45) is 9.12. The lowest BCUT2D eigenvalue weighted by molar-refractivity contribution is -0.140. The Morgan fingerprint density at radius 3 is 2.00 bits per heavy atom. The summed E-state index contributed by atoms with van der Waals surface area (Å²) in [7, 11) is -2.31. The molecule has 4 saturated carbocycles. The molecule has 9 heteroatoms. The second-order valence-corrected chi connectivity index (χ2v) is 14.1. The Morgan fingerprint density at radius 1 is 0.975 bits per heavy atom. The van der Waals surface area contributed by atoms with Gasteiger partial charge in [-0.25, -0.2) is 12.8 Å². The van der Waals surface area contributed by atoms with Gasteiger partial charge in [-0.1, -0.05) is 31.2 Å². The van der Waals surface area contributed by atoms with Crippen LogP contribution in [0.25, 0.3) is 0 Å². The van der Waals surface area contributed by atoms with Gasteiger partial charge in [0.15, 0.2) is 0 Å².